The summed E-state index contributed by atoms with van der Waals surface area (Å²) in [6.45, 7) is 6.81. The van der Waals surface area contributed by atoms with Gasteiger partial charge in [-0.2, -0.15) is 0 Å². The molecule has 0 aromatic heterocycles. The van der Waals surface area contributed by atoms with Crippen molar-refractivity contribution in [3.05, 3.63) is 0 Å². The monoisotopic (exact) mass is 201 g/mol. The van der Waals surface area contributed by atoms with Crippen molar-refractivity contribution in [1.82, 2.24) is 4.90 Å². The van der Waals surface area contributed by atoms with Crippen LogP contribution in [0, 0.1) is 5.92 Å². The van der Waals surface area contributed by atoms with E-state index in [2.05, 4.69) is 0 Å². The highest BCUT2D eigenvalue weighted by atomic mass is 16.5. The van der Waals surface area contributed by atoms with Crippen LogP contribution in [0.15, 0.2) is 0 Å². The topological polar surface area (TPSA) is 49.8 Å². The SMILES string of the molecule is CC1CN(C(=O)C(C)C)CC(CO)O1. The molecular formula is C10H19NO3. The molecule has 1 amide bonds. The quantitative estimate of drug-likeness (QED) is 0.696. The minimum atomic E-state index is -0.221. The van der Waals surface area contributed by atoms with Crippen molar-refractivity contribution in [3.8, 4) is 0 Å². The smallest absolute Gasteiger partial charge is 0.225 e. The first-order valence-corrected chi connectivity index (χ1v) is 5.09. The Morgan fingerprint density at radius 3 is 2.71 bits per heavy atom. The minimum absolute atomic E-state index is 0.0136. The lowest BCUT2D eigenvalue weighted by Gasteiger charge is -2.36. The molecule has 0 radical (unpaired) electrons. The van der Waals surface area contributed by atoms with Crippen LogP contribution in [-0.4, -0.2) is 47.8 Å². The van der Waals surface area contributed by atoms with Crippen LogP contribution in [-0.2, 0) is 9.53 Å². The molecule has 0 spiro atoms. The first kappa shape index (κ1) is 11.5. The van der Waals surface area contributed by atoms with Gasteiger partial charge in [-0.05, 0) is 6.92 Å². The number of hydrogen-bond donors (Lipinski definition) is 1. The van der Waals surface area contributed by atoms with Crippen molar-refractivity contribution >= 4 is 5.91 Å². The second-order valence-corrected chi connectivity index (χ2v) is 4.15. The minimum Gasteiger partial charge on any atom is -0.394 e. The number of morpholine rings is 1. The molecule has 1 aliphatic heterocycles. The molecule has 1 rings (SSSR count). The van der Waals surface area contributed by atoms with Crippen molar-refractivity contribution < 1.29 is 14.6 Å². The molecule has 2 atom stereocenters. The summed E-state index contributed by atoms with van der Waals surface area (Å²) in [5.41, 5.74) is 0. The molecule has 14 heavy (non-hydrogen) atoms. The summed E-state index contributed by atoms with van der Waals surface area (Å²) in [4.78, 5) is 13.5. The summed E-state index contributed by atoms with van der Waals surface area (Å²) >= 11 is 0. The number of rotatable bonds is 2. The predicted octanol–water partition coefficient (Wildman–Crippen LogP) is 0.251. The van der Waals surface area contributed by atoms with Crippen molar-refractivity contribution in [1.29, 1.82) is 0 Å². The van der Waals surface area contributed by atoms with Crippen molar-refractivity contribution in [3.63, 3.8) is 0 Å². The fourth-order valence-electron chi connectivity index (χ4n) is 1.69. The summed E-state index contributed by atoms with van der Waals surface area (Å²) < 4.78 is 5.45. The van der Waals surface area contributed by atoms with Gasteiger partial charge in [0, 0.05) is 19.0 Å². The molecule has 1 fully saturated rings. The van der Waals surface area contributed by atoms with E-state index in [1.165, 1.54) is 0 Å². The lowest BCUT2D eigenvalue weighted by Crippen LogP contribution is -2.51. The molecule has 1 saturated heterocycles. The van der Waals surface area contributed by atoms with Gasteiger partial charge in [-0.3, -0.25) is 4.79 Å². The van der Waals surface area contributed by atoms with E-state index in [-0.39, 0.29) is 30.6 Å². The van der Waals surface area contributed by atoms with Gasteiger partial charge < -0.3 is 14.7 Å². The molecule has 1 heterocycles. The number of ether oxygens (including phenoxy) is 1. The van der Waals surface area contributed by atoms with E-state index in [4.69, 9.17) is 9.84 Å². The third-order valence-electron chi connectivity index (χ3n) is 2.34. The van der Waals surface area contributed by atoms with Gasteiger partial charge in [0.25, 0.3) is 0 Å². The third-order valence-corrected chi connectivity index (χ3v) is 2.34. The number of aliphatic hydroxyl groups excluding tert-OH is 1. The maximum absolute atomic E-state index is 11.7. The fraction of sp³-hybridized carbons (Fsp3) is 0.900. The van der Waals surface area contributed by atoms with E-state index in [0.717, 1.165) is 0 Å². The van der Waals surface area contributed by atoms with Gasteiger partial charge in [0.15, 0.2) is 0 Å². The highest BCUT2D eigenvalue weighted by Crippen LogP contribution is 2.13. The van der Waals surface area contributed by atoms with E-state index in [0.29, 0.717) is 13.1 Å². The summed E-state index contributed by atoms with van der Waals surface area (Å²) in [6.07, 6.45) is -0.204. The highest BCUT2D eigenvalue weighted by molar-refractivity contribution is 5.78. The second kappa shape index (κ2) is 4.75. The molecule has 1 aliphatic rings. The molecular weight excluding hydrogens is 182 g/mol. The van der Waals surface area contributed by atoms with Crippen molar-refractivity contribution in [2.45, 2.75) is 33.0 Å². The molecule has 0 bridgehead atoms. The lowest BCUT2D eigenvalue weighted by atomic mass is 10.1. The number of carbonyl (C=O) groups excluding carboxylic acids is 1. The zero-order valence-corrected chi connectivity index (χ0v) is 9.06. The van der Waals surface area contributed by atoms with Crippen LogP contribution >= 0.6 is 0 Å². The van der Waals surface area contributed by atoms with Crippen LogP contribution in [0.1, 0.15) is 20.8 Å². The molecule has 0 aromatic carbocycles. The molecule has 4 heteroatoms. The van der Waals surface area contributed by atoms with E-state index in [1.807, 2.05) is 20.8 Å². The van der Waals surface area contributed by atoms with Crippen LogP contribution < -0.4 is 0 Å². The number of aliphatic hydroxyl groups is 1. The number of hydrogen-bond acceptors (Lipinski definition) is 3. The summed E-state index contributed by atoms with van der Waals surface area (Å²) in [5, 5.41) is 8.98. The molecule has 0 aromatic rings. The van der Waals surface area contributed by atoms with Crippen LogP contribution in [0.4, 0.5) is 0 Å². The third kappa shape index (κ3) is 2.69. The van der Waals surface area contributed by atoms with E-state index < -0.39 is 0 Å². The average molecular weight is 201 g/mol. The standard InChI is InChI=1S/C10H19NO3/c1-7(2)10(13)11-4-8(3)14-9(5-11)6-12/h7-9,12H,4-6H2,1-3H3. The van der Waals surface area contributed by atoms with Crippen LogP contribution in [0.2, 0.25) is 0 Å². The van der Waals surface area contributed by atoms with Gasteiger partial charge in [0.1, 0.15) is 0 Å². The van der Waals surface area contributed by atoms with Gasteiger partial charge in [0.2, 0.25) is 5.91 Å². The summed E-state index contributed by atoms with van der Waals surface area (Å²) in [5.74, 6) is 0.151. The van der Waals surface area contributed by atoms with Crippen LogP contribution in [0.3, 0.4) is 0 Å². The zero-order valence-electron chi connectivity index (χ0n) is 9.06. The lowest BCUT2D eigenvalue weighted by molar-refractivity contribution is -0.150. The number of amides is 1. The van der Waals surface area contributed by atoms with E-state index in [9.17, 15) is 4.79 Å². The van der Waals surface area contributed by atoms with E-state index >= 15 is 0 Å². The maximum Gasteiger partial charge on any atom is 0.225 e. The van der Waals surface area contributed by atoms with Gasteiger partial charge >= 0.3 is 0 Å². The number of nitrogens with zero attached hydrogens (tertiary/aromatic N) is 1. The molecule has 0 aliphatic carbocycles. The Balaban J connectivity index is 2.57. The second-order valence-electron chi connectivity index (χ2n) is 4.15. The normalized spacial score (nSPS) is 28.2. The predicted molar refractivity (Wildman–Crippen MR) is 52.8 cm³/mol. The van der Waals surface area contributed by atoms with Crippen molar-refractivity contribution in [2.24, 2.45) is 5.92 Å². The van der Waals surface area contributed by atoms with Crippen LogP contribution in [0.25, 0.3) is 0 Å². The van der Waals surface area contributed by atoms with Gasteiger partial charge in [-0.1, -0.05) is 13.8 Å². The van der Waals surface area contributed by atoms with Gasteiger partial charge in [-0.15, -0.1) is 0 Å². The molecule has 82 valence electrons. The number of carbonyl (C=O) groups is 1. The molecule has 0 saturated carbocycles. The first-order chi connectivity index (χ1) is 6.54. The van der Waals surface area contributed by atoms with Crippen LogP contribution in [0.5, 0.6) is 0 Å². The van der Waals surface area contributed by atoms with Crippen molar-refractivity contribution in [2.75, 3.05) is 19.7 Å². The zero-order chi connectivity index (χ0) is 10.7. The van der Waals surface area contributed by atoms with Gasteiger partial charge in [0.05, 0.1) is 18.8 Å². The Kier molecular flexibility index (Phi) is 3.89. The molecule has 2 unspecified atom stereocenters. The fourth-order valence-corrected chi connectivity index (χ4v) is 1.69. The summed E-state index contributed by atoms with van der Waals surface area (Å²) in [7, 11) is 0. The molecule has 1 N–H and O–H groups in total. The summed E-state index contributed by atoms with van der Waals surface area (Å²) in [6, 6.07) is 0. The van der Waals surface area contributed by atoms with E-state index in [1.54, 1.807) is 4.90 Å². The Labute approximate surface area is 84.8 Å². The maximum atomic E-state index is 11.7. The largest absolute Gasteiger partial charge is 0.394 e. The highest BCUT2D eigenvalue weighted by Gasteiger charge is 2.28. The first-order valence-electron chi connectivity index (χ1n) is 5.09. The molecule has 4 nitrogen and oxygen atoms in total. The Morgan fingerprint density at radius 2 is 2.21 bits per heavy atom. The average Bonchev–Trinajstić information content (AvgIpc) is 2.15. The Morgan fingerprint density at radius 1 is 1.57 bits per heavy atom. The Bertz CT molecular complexity index is 206. The van der Waals surface area contributed by atoms with Gasteiger partial charge in [-0.25, -0.2) is 0 Å². The Hall–Kier alpha value is -0.610.